The average molecular weight is 433 g/mol. The van der Waals surface area contributed by atoms with Gasteiger partial charge in [-0.25, -0.2) is 0 Å². The number of nitrogens with zero attached hydrogens (tertiary/aromatic N) is 4. The number of piperazine rings is 1. The number of hydrogen-bond acceptors (Lipinski definition) is 5. The highest BCUT2D eigenvalue weighted by Crippen LogP contribution is 2.29. The number of carbonyl (C=O) groups excluding carboxylic acids is 1. The van der Waals surface area contributed by atoms with Gasteiger partial charge in [0.05, 0.1) is 6.04 Å². The molecular formula is C26H32N4O2. The van der Waals surface area contributed by atoms with Gasteiger partial charge in [-0.3, -0.25) is 9.69 Å². The molecule has 1 aliphatic rings. The minimum absolute atomic E-state index is 0.212. The van der Waals surface area contributed by atoms with Gasteiger partial charge in [-0.15, -0.1) is 0 Å². The number of amides is 1. The lowest BCUT2D eigenvalue weighted by Gasteiger charge is -2.40. The van der Waals surface area contributed by atoms with Crippen LogP contribution in [-0.4, -0.2) is 52.0 Å². The first-order valence-electron chi connectivity index (χ1n) is 11.7. The Kier molecular flexibility index (Phi) is 7.67. The molecule has 1 amide bonds. The Labute approximate surface area is 190 Å². The minimum Gasteiger partial charge on any atom is -0.340 e. The van der Waals surface area contributed by atoms with Crippen molar-refractivity contribution in [2.75, 3.05) is 26.2 Å². The maximum atomic E-state index is 12.8. The van der Waals surface area contributed by atoms with Crippen LogP contribution in [0.5, 0.6) is 0 Å². The van der Waals surface area contributed by atoms with E-state index in [0.717, 1.165) is 51.3 Å². The fourth-order valence-electron chi connectivity index (χ4n) is 4.38. The fraction of sp³-hybridized carbons (Fsp3) is 0.423. The van der Waals surface area contributed by atoms with Gasteiger partial charge < -0.3 is 9.42 Å². The molecule has 0 atom stereocenters. The Morgan fingerprint density at radius 1 is 0.938 bits per heavy atom. The lowest BCUT2D eigenvalue weighted by Crippen LogP contribution is -2.49. The van der Waals surface area contributed by atoms with E-state index in [1.807, 2.05) is 4.90 Å². The van der Waals surface area contributed by atoms with Crippen LogP contribution in [0.4, 0.5) is 0 Å². The van der Waals surface area contributed by atoms with Gasteiger partial charge in [0.25, 0.3) is 0 Å². The molecule has 2 aromatic carbocycles. The maximum Gasteiger partial charge on any atom is 0.226 e. The Hall–Kier alpha value is -2.99. The van der Waals surface area contributed by atoms with E-state index in [-0.39, 0.29) is 11.9 Å². The Balaban J connectivity index is 1.30. The highest BCUT2D eigenvalue weighted by atomic mass is 16.5. The van der Waals surface area contributed by atoms with E-state index in [1.54, 1.807) is 0 Å². The summed E-state index contributed by atoms with van der Waals surface area (Å²) >= 11 is 0. The number of aromatic nitrogens is 2. The number of benzene rings is 2. The van der Waals surface area contributed by atoms with Crippen LogP contribution in [0.3, 0.4) is 0 Å². The van der Waals surface area contributed by atoms with E-state index >= 15 is 0 Å². The molecule has 0 unspecified atom stereocenters. The standard InChI is InChI=1S/C26H32N4O2/c1-2-10-23-27-24(32-28-23)15-9-16-25(31)29-17-19-30(20-18-29)26(21-11-5-3-6-12-21)22-13-7-4-8-14-22/h3-8,11-14,26H,2,9-10,15-20H2,1H3. The van der Waals surface area contributed by atoms with Gasteiger partial charge in [0.1, 0.15) is 0 Å². The third-order valence-electron chi connectivity index (χ3n) is 6.03. The summed E-state index contributed by atoms with van der Waals surface area (Å²) in [6.07, 6.45) is 3.75. The van der Waals surface area contributed by atoms with Crippen molar-refractivity contribution in [3.63, 3.8) is 0 Å². The fourth-order valence-corrected chi connectivity index (χ4v) is 4.38. The van der Waals surface area contributed by atoms with Crippen molar-refractivity contribution in [2.24, 2.45) is 0 Å². The molecule has 4 rings (SSSR count). The lowest BCUT2D eigenvalue weighted by molar-refractivity contribution is -0.133. The Bertz CT molecular complexity index is 926. The molecule has 1 saturated heterocycles. The van der Waals surface area contributed by atoms with Crippen LogP contribution in [0.1, 0.15) is 55.1 Å². The summed E-state index contributed by atoms with van der Waals surface area (Å²) in [5.41, 5.74) is 2.58. The Morgan fingerprint density at radius 2 is 1.56 bits per heavy atom. The molecule has 32 heavy (non-hydrogen) atoms. The molecule has 1 aliphatic heterocycles. The van der Waals surface area contributed by atoms with Crippen LogP contribution in [-0.2, 0) is 17.6 Å². The summed E-state index contributed by atoms with van der Waals surface area (Å²) in [4.78, 5) is 21.6. The topological polar surface area (TPSA) is 62.5 Å². The summed E-state index contributed by atoms with van der Waals surface area (Å²) in [5, 5.41) is 3.98. The predicted molar refractivity (Wildman–Crippen MR) is 124 cm³/mol. The van der Waals surface area contributed by atoms with Crippen molar-refractivity contribution in [1.29, 1.82) is 0 Å². The lowest BCUT2D eigenvalue weighted by atomic mass is 9.96. The number of rotatable bonds is 9. The van der Waals surface area contributed by atoms with Gasteiger partial charge in [-0.2, -0.15) is 4.98 Å². The van der Waals surface area contributed by atoms with Crippen molar-refractivity contribution in [3.8, 4) is 0 Å². The smallest absolute Gasteiger partial charge is 0.226 e. The van der Waals surface area contributed by atoms with Crippen LogP contribution < -0.4 is 0 Å². The summed E-state index contributed by atoms with van der Waals surface area (Å²) in [7, 11) is 0. The van der Waals surface area contributed by atoms with E-state index in [0.29, 0.717) is 18.7 Å². The molecule has 3 aromatic rings. The third-order valence-corrected chi connectivity index (χ3v) is 6.03. The predicted octanol–water partition coefficient (Wildman–Crippen LogP) is 4.28. The van der Waals surface area contributed by atoms with Crippen LogP contribution >= 0.6 is 0 Å². The normalized spacial score (nSPS) is 14.8. The second kappa shape index (κ2) is 11.0. The minimum atomic E-state index is 0.212. The summed E-state index contributed by atoms with van der Waals surface area (Å²) in [5.74, 6) is 1.62. The van der Waals surface area contributed by atoms with Crippen LogP contribution in [0, 0.1) is 0 Å². The zero-order valence-electron chi connectivity index (χ0n) is 18.8. The number of carbonyl (C=O) groups is 1. The first-order chi connectivity index (χ1) is 15.7. The molecule has 0 radical (unpaired) electrons. The van der Waals surface area contributed by atoms with E-state index < -0.39 is 0 Å². The van der Waals surface area contributed by atoms with Crippen molar-refractivity contribution in [1.82, 2.24) is 19.9 Å². The van der Waals surface area contributed by atoms with Gasteiger partial charge in [-0.1, -0.05) is 72.7 Å². The number of hydrogen-bond donors (Lipinski definition) is 0. The second-order valence-corrected chi connectivity index (χ2v) is 8.35. The molecule has 1 aromatic heterocycles. The maximum absolute atomic E-state index is 12.8. The van der Waals surface area contributed by atoms with Gasteiger partial charge in [0.2, 0.25) is 11.8 Å². The van der Waals surface area contributed by atoms with E-state index in [9.17, 15) is 4.79 Å². The van der Waals surface area contributed by atoms with Crippen molar-refractivity contribution in [2.45, 2.75) is 45.1 Å². The van der Waals surface area contributed by atoms with Gasteiger partial charge >= 0.3 is 0 Å². The molecule has 2 heterocycles. The summed E-state index contributed by atoms with van der Waals surface area (Å²) in [6, 6.07) is 21.5. The van der Waals surface area contributed by atoms with Crippen LogP contribution in [0.15, 0.2) is 65.2 Å². The Morgan fingerprint density at radius 3 is 2.16 bits per heavy atom. The van der Waals surface area contributed by atoms with E-state index in [2.05, 4.69) is 82.6 Å². The van der Waals surface area contributed by atoms with Crippen molar-refractivity contribution in [3.05, 3.63) is 83.5 Å². The second-order valence-electron chi connectivity index (χ2n) is 8.35. The molecule has 6 nitrogen and oxygen atoms in total. The molecule has 0 spiro atoms. The summed E-state index contributed by atoms with van der Waals surface area (Å²) in [6.45, 7) is 5.34. The van der Waals surface area contributed by atoms with Gasteiger partial charge in [0.15, 0.2) is 5.82 Å². The first kappa shape index (κ1) is 22.2. The van der Waals surface area contributed by atoms with Crippen LogP contribution in [0.2, 0.25) is 0 Å². The first-order valence-corrected chi connectivity index (χ1v) is 11.7. The average Bonchev–Trinajstić information content (AvgIpc) is 3.28. The van der Waals surface area contributed by atoms with Gasteiger partial charge in [-0.05, 0) is 24.0 Å². The van der Waals surface area contributed by atoms with Crippen LogP contribution in [0.25, 0.3) is 0 Å². The third kappa shape index (κ3) is 5.62. The van der Waals surface area contributed by atoms with Gasteiger partial charge in [0, 0.05) is 45.4 Å². The molecule has 168 valence electrons. The largest absolute Gasteiger partial charge is 0.340 e. The summed E-state index contributed by atoms with van der Waals surface area (Å²) < 4.78 is 5.28. The van der Waals surface area contributed by atoms with Crippen molar-refractivity contribution < 1.29 is 9.32 Å². The molecule has 0 N–H and O–H groups in total. The quantitative estimate of drug-likeness (QED) is 0.505. The zero-order valence-corrected chi connectivity index (χ0v) is 18.8. The molecule has 0 saturated carbocycles. The molecule has 0 aliphatic carbocycles. The molecule has 6 heteroatoms. The number of aryl methyl sites for hydroxylation is 2. The van der Waals surface area contributed by atoms with E-state index in [1.165, 1.54) is 11.1 Å². The van der Waals surface area contributed by atoms with E-state index in [4.69, 9.17) is 4.52 Å². The molecule has 1 fully saturated rings. The monoisotopic (exact) mass is 432 g/mol. The molecule has 0 bridgehead atoms. The molecular weight excluding hydrogens is 400 g/mol. The highest BCUT2D eigenvalue weighted by molar-refractivity contribution is 5.76. The highest BCUT2D eigenvalue weighted by Gasteiger charge is 2.27. The van der Waals surface area contributed by atoms with Crippen molar-refractivity contribution >= 4 is 5.91 Å². The zero-order chi connectivity index (χ0) is 22.2. The SMILES string of the molecule is CCCc1noc(CCCC(=O)N2CCN(C(c3ccccc3)c3ccccc3)CC2)n1.